The lowest BCUT2D eigenvalue weighted by Crippen LogP contribution is -2.68. The van der Waals surface area contributed by atoms with Crippen molar-refractivity contribution in [3.05, 3.63) is 175 Å². The summed E-state index contributed by atoms with van der Waals surface area (Å²) in [7, 11) is -2.12. The average Bonchev–Trinajstić information content (AvgIpc) is 3.50. The molecule has 5 aliphatic rings. The van der Waals surface area contributed by atoms with Crippen molar-refractivity contribution in [1.82, 2.24) is 0 Å². The summed E-state index contributed by atoms with van der Waals surface area (Å²) in [6, 6.07) is 62.5. The van der Waals surface area contributed by atoms with Crippen molar-refractivity contribution >= 4 is 88.2 Å². The minimum absolute atomic E-state index is 0.0452. The number of fused-ring (bicyclic) bond motifs is 12. The Kier molecular flexibility index (Phi) is 6.95. The minimum Gasteiger partial charge on any atom is -0.376 e. The van der Waals surface area contributed by atoms with Gasteiger partial charge in [0.25, 0.3) is 0 Å². The van der Waals surface area contributed by atoms with Gasteiger partial charge in [-0.25, -0.2) is 0 Å². The molecule has 0 atom stereocenters. The van der Waals surface area contributed by atoms with Gasteiger partial charge in [-0.1, -0.05) is 166 Å². The lowest BCUT2D eigenvalue weighted by molar-refractivity contribution is 0.661. The molecule has 280 valence electrons. The van der Waals surface area contributed by atoms with Crippen molar-refractivity contribution in [1.29, 1.82) is 0 Å². The first kappa shape index (κ1) is 34.2. The summed E-state index contributed by atoms with van der Waals surface area (Å²) in [6.45, 7) is 10.0. The van der Waals surface area contributed by atoms with Crippen molar-refractivity contribution in [2.24, 2.45) is 0 Å². The number of benzene rings is 8. The number of nitrogens with zero attached hydrogens (tertiary/aromatic N) is 2. The number of hydrogen-bond acceptors (Lipinski definition) is 4. The smallest absolute Gasteiger partial charge is 0.333 e. The zero-order chi connectivity index (χ0) is 39.4. The van der Waals surface area contributed by atoms with E-state index >= 15 is 0 Å². The fourth-order valence-electron chi connectivity index (χ4n) is 11.2. The molecule has 0 unspecified atom stereocenters. The molecule has 8 aromatic rings. The number of para-hydroxylation sites is 2. The highest BCUT2D eigenvalue weighted by atomic mass is 32.2. The monoisotopic (exact) mass is 806 g/mol. The van der Waals surface area contributed by atoms with E-state index in [9.17, 15) is 0 Å². The molecule has 0 aromatic heterocycles. The van der Waals surface area contributed by atoms with Gasteiger partial charge < -0.3 is 9.71 Å². The third-order valence-corrected chi connectivity index (χ3v) is 19.9. The van der Waals surface area contributed by atoms with E-state index in [4.69, 9.17) is 0 Å². The highest BCUT2D eigenvalue weighted by molar-refractivity contribution is 8.05. The molecule has 8 aromatic carbocycles. The number of hydrogen-bond donors (Lipinski definition) is 0. The zero-order valence-electron chi connectivity index (χ0n) is 33.4. The lowest BCUT2D eigenvalue weighted by Gasteiger charge is -2.51. The molecular weight excluding hydrogens is 768 g/mol. The van der Waals surface area contributed by atoms with Gasteiger partial charge in [-0.2, -0.15) is 0 Å². The van der Waals surface area contributed by atoms with Crippen LogP contribution >= 0.6 is 23.5 Å². The van der Waals surface area contributed by atoms with Gasteiger partial charge in [0.15, 0.2) is 0 Å². The average molecular weight is 807 g/mol. The van der Waals surface area contributed by atoms with Gasteiger partial charge in [-0.05, 0) is 109 Å². The van der Waals surface area contributed by atoms with E-state index in [0.29, 0.717) is 0 Å². The first-order valence-corrected chi connectivity index (χ1v) is 25.3. The molecule has 13 rings (SSSR count). The Morgan fingerprint density at radius 1 is 0.508 bits per heavy atom. The first-order chi connectivity index (χ1) is 28.8. The molecule has 0 bridgehead atoms. The summed E-state index contributed by atoms with van der Waals surface area (Å²) >= 11 is 3.83. The van der Waals surface area contributed by atoms with Gasteiger partial charge in [-0.3, -0.25) is 0 Å². The van der Waals surface area contributed by atoms with Crippen LogP contribution in [0.4, 0.5) is 28.4 Å². The van der Waals surface area contributed by atoms with E-state index in [1.165, 1.54) is 114 Å². The van der Waals surface area contributed by atoms with Gasteiger partial charge >= 0.3 is 6.85 Å². The predicted octanol–water partition coefficient (Wildman–Crippen LogP) is 12.1. The Balaban J connectivity index is 1.19. The molecule has 0 saturated carbocycles. The molecule has 4 heterocycles. The normalized spacial score (nSPS) is 16.2. The molecule has 0 N–H and O–H groups in total. The largest absolute Gasteiger partial charge is 0.376 e. The predicted molar refractivity (Wildman–Crippen MR) is 255 cm³/mol. The van der Waals surface area contributed by atoms with E-state index in [0.717, 1.165) is 0 Å². The maximum atomic E-state index is 2.74. The molecule has 1 aliphatic carbocycles. The molecule has 2 nitrogen and oxygen atoms in total. The quantitative estimate of drug-likeness (QED) is 0.161. The van der Waals surface area contributed by atoms with Gasteiger partial charge in [0.05, 0.1) is 0 Å². The SMILES string of the molecule is CC1(C)c2ccccc2-c2cc3c4c(c21)N1c2ccccc2[Si](C)(C)c2cccc(c21)B4N(c1cccc(-c2ccccc2)c1)c1cc2c(cc1-3)Sc1ccccc1S2. The number of anilines is 5. The molecule has 0 spiro atoms. The van der Waals surface area contributed by atoms with Crippen LogP contribution in [0.1, 0.15) is 25.0 Å². The second kappa shape index (κ2) is 12.0. The Morgan fingerprint density at radius 3 is 2.02 bits per heavy atom. The molecular formula is C53H39BN2S2Si. The maximum Gasteiger partial charge on any atom is 0.333 e. The highest BCUT2D eigenvalue weighted by Crippen LogP contribution is 2.59. The van der Waals surface area contributed by atoms with Crippen LogP contribution < -0.4 is 31.0 Å². The van der Waals surface area contributed by atoms with Crippen LogP contribution in [0.2, 0.25) is 13.1 Å². The molecule has 0 fully saturated rings. The summed E-state index contributed by atoms with van der Waals surface area (Å²) in [4.78, 5) is 10.8. The summed E-state index contributed by atoms with van der Waals surface area (Å²) in [5, 5.41) is 3.03. The van der Waals surface area contributed by atoms with Crippen LogP contribution in [0.25, 0.3) is 33.4 Å². The van der Waals surface area contributed by atoms with Crippen LogP contribution in [-0.2, 0) is 5.41 Å². The molecule has 6 heteroatoms. The van der Waals surface area contributed by atoms with Gasteiger partial charge in [0, 0.05) is 59.0 Å². The summed E-state index contributed by atoms with van der Waals surface area (Å²) in [5.74, 6) is 0. The van der Waals surface area contributed by atoms with Crippen LogP contribution in [-0.4, -0.2) is 14.9 Å². The Labute approximate surface area is 356 Å². The zero-order valence-corrected chi connectivity index (χ0v) is 36.0. The van der Waals surface area contributed by atoms with E-state index in [-0.39, 0.29) is 12.3 Å². The highest BCUT2D eigenvalue weighted by Gasteiger charge is 2.53. The van der Waals surface area contributed by atoms with Crippen molar-refractivity contribution in [3.8, 4) is 33.4 Å². The summed E-state index contributed by atoms with van der Waals surface area (Å²) in [6.07, 6.45) is 0. The fourth-order valence-corrected chi connectivity index (χ4v) is 16.5. The second-order valence-electron chi connectivity index (χ2n) is 17.7. The Bertz CT molecular complexity index is 3160. The van der Waals surface area contributed by atoms with Crippen LogP contribution in [0.15, 0.2) is 183 Å². The maximum absolute atomic E-state index is 2.74. The van der Waals surface area contributed by atoms with Crippen molar-refractivity contribution in [2.75, 3.05) is 9.71 Å². The summed E-state index contributed by atoms with van der Waals surface area (Å²) < 4.78 is 0. The van der Waals surface area contributed by atoms with Gasteiger partial charge in [0.1, 0.15) is 8.07 Å². The van der Waals surface area contributed by atoms with E-state index in [2.05, 4.69) is 200 Å². The van der Waals surface area contributed by atoms with E-state index in [1.807, 2.05) is 23.5 Å². The first-order valence-electron chi connectivity index (χ1n) is 20.7. The van der Waals surface area contributed by atoms with Gasteiger partial charge in [-0.15, -0.1) is 0 Å². The van der Waals surface area contributed by atoms with Gasteiger partial charge in [0.2, 0.25) is 0 Å². The molecule has 59 heavy (non-hydrogen) atoms. The molecule has 0 saturated heterocycles. The molecule has 0 radical (unpaired) electrons. The molecule has 0 amide bonds. The summed E-state index contributed by atoms with van der Waals surface area (Å²) in [5.41, 5.74) is 19.9. The standard InChI is InChI=1S/C53H39BN2S2Si/c1-53(2)39-21-9-8-20-35(39)37-29-38-36-30-45-46(58-44-25-12-11-24-43(44)57-45)31-42(36)56(34-19-14-18-33(28-34)32-16-6-5-7-17-32)54-40-22-15-27-48-51(40)55(52(49(37)53)50(38)54)41-23-10-13-26-47(41)59(48,3)4/h5-31H,1-4H3. The number of rotatable bonds is 2. The fraction of sp³-hybridized carbons (Fsp3) is 0.0943. The van der Waals surface area contributed by atoms with Crippen LogP contribution in [0.5, 0.6) is 0 Å². The van der Waals surface area contributed by atoms with Crippen LogP contribution in [0.3, 0.4) is 0 Å². The third kappa shape index (κ3) is 4.52. The topological polar surface area (TPSA) is 6.48 Å². The second-order valence-corrected chi connectivity index (χ2v) is 24.2. The lowest BCUT2D eigenvalue weighted by atomic mass is 9.43. The minimum atomic E-state index is -2.12. The Hall–Kier alpha value is -5.66. The molecule has 4 aliphatic heterocycles. The third-order valence-electron chi connectivity index (χ3n) is 13.8. The van der Waals surface area contributed by atoms with Crippen LogP contribution in [0, 0.1) is 0 Å². The van der Waals surface area contributed by atoms with Crippen molar-refractivity contribution < 1.29 is 0 Å². The van der Waals surface area contributed by atoms with E-state index < -0.39 is 8.07 Å². The van der Waals surface area contributed by atoms with Crippen molar-refractivity contribution in [3.63, 3.8) is 0 Å². The van der Waals surface area contributed by atoms with Crippen molar-refractivity contribution in [2.45, 2.75) is 51.9 Å². The van der Waals surface area contributed by atoms with E-state index in [1.54, 1.807) is 0 Å². The Morgan fingerprint density at radius 2 is 1.19 bits per heavy atom.